The number of nitrogens with zero attached hydrogens (tertiary/aromatic N) is 12. The van der Waals surface area contributed by atoms with Gasteiger partial charge in [0.2, 0.25) is 0 Å². The van der Waals surface area contributed by atoms with Crippen LogP contribution in [0.3, 0.4) is 0 Å². The second-order valence-corrected chi connectivity index (χ2v) is 19.1. The molecule has 26 nitrogen and oxygen atoms in total. The zero-order valence-corrected chi connectivity index (χ0v) is 46.2. The molecule has 9 aromatic heterocycles. The molecule has 9 heterocycles. The molecule has 0 unspecified atom stereocenters. The standard InChI is InChI=1S/C17H16FN7O3S.C17H16FN7O.C12H12ClN5O.C6H8N2/c1-19-17(26)15-11(22-16-12(29(2,27)28)4-3-7-20-16)8-14(24-25-15)23-13-6-5-10(18)9-21-13;1-10-4-3-7-20-16(10)22-12-8-14(24-25-15(12)17(26)19-2)23-13-6-5-11(18)9-21-13;1-7-4-3-5-15-11(7)16-8-6-9(13)17-18-10(8)12(19)14-2;1-5-2-3-6(7)8-4-5/h3-9H,1-2H3,(H,19,26)(H2,20,21,22,23,24);3-9H,1-2H3,(H,19,26)(H2,20,21,22,23,24);3-6H,1-2H3,(H,14,19)(H,15,16,17);2-4H,1H3,(H2,7,8). The smallest absolute Gasteiger partial charge is 0.273 e. The summed E-state index contributed by atoms with van der Waals surface area (Å²) in [5.41, 5.74) is 9.55. The Morgan fingerprint density at radius 1 is 0.488 bits per heavy atom. The quantitative estimate of drug-likeness (QED) is 0.0523. The minimum atomic E-state index is -3.58. The fourth-order valence-corrected chi connectivity index (χ4v) is 7.39. The van der Waals surface area contributed by atoms with Gasteiger partial charge < -0.3 is 48.3 Å². The average Bonchev–Trinajstić information content (AvgIpc) is 3.57. The lowest BCUT2D eigenvalue weighted by atomic mass is 10.2. The minimum absolute atomic E-state index is 0.0269. The van der Waals surface area contributed by atoms with Gasteiger partial charge >= 0.3 is 0 Å². The van der Waals surface area contributed by atoms with Crippen molar-refractivity contribution >= 4 is 103 Å². The van der Waals surface area contributed by atoms with Crippen LogP contribution in [0.5, 0.6) is 0 Å². The van der Waals surface area contributed by atoms with Crippen LogP contribution < -0.4 is 48.3 Å². The molecule has 0 fully saturated rings. The second-order valence-electron chi connectivity index (χ2n) is 16.7. The number of halogens is 3. The van der Waals surface area contributed by atoms with E-state index in [-0.39, 0.29) is 56.3 Å². The summed E-state index contributed by atoms with van der Waals surface area (Å²) in [7, 11) is 0.875. The highest BCUT2D eigenvalue weighted by Gasteiger charge is 2.21. The molecular weight excluding hydrogens is 1100 g/mol. The Bertz CT molecular complexity index is 3760. The van der Waals surface area contributed by atoms with Crippen molar-refractivity contribution in [1.82, 2.24) is 76.4 Å². The van der Waals surface area contributed by atoms with Gasteiger partial charge in [-0.15, -0.1) is 30.6 Å². The molecule has 0 bridgehead atoms. The monoisotopic (exact) mass is 1160 g/mol. The number of pyridine rings is 6. The molecule has 10 N–H and O–H groups in total. The van der Waals surface area contributed by atoms with Crippen molar-refractivity contribution in [3.05, 3.63) is 179 Å². The molecule has 0 aliphatic carbocycles. The fraction of sp³-hybridized carbons (Fsp3) is 0.135. The topological polar surface area (TPSA) is 362 Å². The van der Waals surface area contributed by atoms with Gasteiger partial charge in [0.15, 0.2) is 43.7 Å². The molecule has 9 rings (SSSR count). The zero-order valence-electron chi connectivity index (χ0n) is 44.7. The number of nitrogens with two attached hydrogens (primary N) is 1. The summed E-state index contributed by atoms with van der Waals surface area (Å²) >= 11 is 5.80. The van der Waals surface area contributed by atoms with Crippen LogP contribution in [0.2, 0.25) is 5.15 Å². The van der Waals surface area contributed by atoms with E-state index in [1.165, 1.54) is 75.9 Å². The maximum Gasteiger partial charge on any atom is 0.273 e. The Kier molecular flexibility index (Phi) is 21.4. The molecule has 30 heteroatoms. The lowest BCUT2D eigenvalue weighted by Crippen LogP contribution is -2.22. The number of nitrogen functional groups attached to an aromatic ring is 1. The van der Waals surface area contributed by atoms with Gasteiger partial charge in [0.1, 0.15) is 51.4 Å². The Hall–Kier alpha value is -10.6. The van der Waals surface area contributed by atoms with Crippen molar-refractivity contribution in [3.63, 3.8) is 0 Å². The van der Waals surface area contributed by atoms with E-state index < -0.39 is 27.4 Å². The van der Waals surface area contributed by atoms with E-state index in [4.69, 9.17) is 17.3 Å². The Morgan fingerprint density at radius 2 is 0.915 bits per heavy atom. The molecule has 3 amide bonds. The molecule has 82 heavy (non-hydrogen) atoms. The number of hydrogen-bond donors (Lipinski definition) is 9. The number of nitrogens with one attached hydrogen (secondary N) is 8. The summed E-state index contributed by atoms with van der Waals surface area (Å²) in [6, 6.07) is 24.0. The lowest BCUT2D eigenvalue weighted by Gasteiger charge is -2.13. The number of sulfone groups is 1. The summed E-state index contributed by atoms with van der Waals surface area (Å²) in [4.78, 5) is 60.0. The molecule has 422 valence electrons. The Labute approximate surface area is 473 Å². The summed E-state index contributed by atoms with van der Waals surface area (Å²) in [6.07, 6.45) is 9.62. The van der Waals surface area contributed by atoms with Crippen LogP contribution in [0.25, 0.3) is 0 Å². The van der Waals surface area contributed by atoms with Crippen LogP contribution in [0.4, 0.5) is 72.4 Å². The van der Waals surface area contributed by atoms with Crippen molar-refractivity contribution in [3.8, 4) is 0 Å². The van der Waals surface area contributed by atoms with Gasteiger partial charge in [-0.25, -0.2) is 47.1 Å². The number of carbonyl (C=O) groups excluding carboxylic acids is 3. The van der Waals surface area contributed by atoms with Crippen molar-refractivity contribution in [2.45, 2.75) is 25.7 Å². The van der Waals surface area contributed by atoms with Crippen LogP contribution in [0.15, 0.2) is 133 Å². The number of hydrogen-bond acceptors (Lipinski definition) is 23. The molecule has 9 aromatic rings. The lowest BCUT2D eigenvalue weighted by molar-refractivity contribution is 0.0950. The third-order valence-corrected chi connectivity index (χ3v) is 11.8. The summed E-state index contributed by atoms with van der Waals surface area (Å²) in [5.74, 6) is 0.852. The van der Waals surface area contributed by atoms with Crippen molar-refractivity contribution in [2.75, 3.05) is 59.7 Å². The molecule has 0 spiro atoms. The average molecular weight is 1160 g/mol. The van der Waals surface area contributed by atoms with Gasteiger partial charge in [-0.3, -0.25) is 14.4 Å². The van der Waals surface area contributed by atoms with Crippen molar-refractivity contribution in [1.29, 1.82) is 0 Å². The van der Waals surface area contributed by atoms with Gasteiger partial charge in [0, 0.05) is 70.4 Å². The first-order valence-corrected chi connectivity index (χ1v) is 26.2. The number of rotatable bonds is 14. The highest BCUT2D eigenvalue weighted by atomic mass is 35.5. The van der Waals surface area contributed by atoms with E-state index in [1.54, 1.807) is 30.7 Å². The molecule has 0 atom stereocenters. The first-order valence-electron chi connectivity index (χ1n) is 23.9. The van der Waals surface area contributed by atoms with Gasteiger partial charge in [-0.05, 0) is 92.1 Å². The highest BCUT2D eigenvalue weighted by Crippen LogP contribution is 2.28. The molecule has 0 saturated heterocycles. The predicted octanol–water partition coefficient (Wildman–Crippen LogP) is 7.13. The largest absolute Gasteiger partial charge is 0.384 e. The molecule has 0 radical (unpaired) electrons. The van der Waals surface area contributed by atoms with E-state index in [2.05, 4.69) is 103 Å². The SMILES string of the molecule is CNC(=O)c1nnc(Cl)cc1Nc1ncccc1C.CNC(=O)c1nnc(Nc2ccc(F)cn2)cc1Nc1ncccc1C.CNC(=O)c1nnc(Nc2ccc(F)cn2)cc1Nc1ncccc1S(C)(=O)=O.Cc1ccc(N)nc1. The first-order chi connectivity index (χ1) is 39.2. The number of aryl methyl sites for hydroxylation is 3. The second kappa shape index (κ2) is 28.9. The number of anilines is 11. The maximum absolute atomic E-state index is 13.0. The van der Waals surface area contributed by atoms with E-state index in [0.717, 1.165) is 35.3 Å². The maximum atomic E-state index is 13.0. The van der Waals surface area contributed by atoms with Crippen molar-refractivity contribution < 1.29 is 31.6 Å². The van der Waals surface area contributed by atoms with E-state index in [1.807, 2.05) is 51.1 Å². The van der Waals surface area contributed by atoms with Crippen LogP contribution >= 0.6 is 11.6 Å². The highest BCUT2D eigenvalue weighted by molar-refractivity contribution is 7.90. The van der Waals surface area contributed by atoms with Crippen molar-refractivity contribution in [2.24, 2.45) is 0 Å². The third kappa shape index (κ3) is 17.7. The number of amides is 3. The van der Waals surface area contributed by atoms with Gasteiger partial charge in [0.25, 0.3) is 17.7 Å². The van der Waals surface area contributed by atoms with E-state index in [0.29, 0.717) is 46.3 Å². The fourth-order valence-electron chi connectivity index (χ4n) is 6.46. The van der Waals surface area contributed by atoms with Crippen LogP contribution in [-0.2, 0) is 9.84 Å². The van der Waals surface area contributed by atoms with Gasteiger partial charge in [0.05, 0.1) is 29.5 Å². The molecule has 0 aromatic carbocycles. The minimum Gasteiger partial charge on any atom is -0.384 e. The summed E-state index contributed by atoms with van der Waals surface area (Å²) in [6.45, 7) is 5.78. The first kappa shape index (κ1) is 60.7. The molecular formula is C52H52ClF2N21O5S. The Morgan fingerprint density at radius 3 is 1.30 bits per heavy atom. The van der Waals surface area contributed by atoms with Crippen LogP contribution in [-0.4, -0.2) is 114 Å². The molecule has 0 aliphatic heterocycles. The van der Waals surface area contributed by atoms with Gasteiger partial charge in [-0.1, -0.05) is 29.8 Å². The van der Waals surface area contributed by atoms with E-state index in [9.17, 15) is 31.6 Å². The molecule has 0 saturated carbocycles. The summed E-state index contributed by atoms with van der Waals surface area (Å²) < 4.78 is 50.0. The molecule has 0 aliphatic rings. The predicted molar refractivity (Wildman–Crippen MR) is 305 cm³/mol. The normalized spacial score (nSPS) is 10.4. The number of aromatic nitrogens is 12. The van der Waals surface area contributed by atoms with Crippen LogP contribution in [0.1, 0.15) is 48.2 Å². The van der Waals surface area contributed by atoms with E-state index >= 15 is 0 Å². The summed E-state index contributed by atoms with van der Waals surface area (Å²) in [5, 5.41) is 45.5. The zero-order chi connectivity index (χ0) is 59.3. The van der Waals surface area contributed by atoms with Crippen LogP contribution in [0, 0.1) is 32.4 Å². The Balaban J connectivity index is 0.000000188. The number of carbonyl (C=O) groups is 3. The third-order valence-electron chi connectivity index (χ3n) is 10.5. The van der Waals surface area contributed by atoms with Gasteiger partial charge in [-0.2, -0.15) is 0 Å².